The molecule has 15 heavy (non-hydrogen) atoms. The van der Waals surface area contributed by atoms with Gasteiger partial charge in [-0.3, -0.25) is 4.79 Å². The highest BCUT2D eigenvalue weighted by Crippen LogP contribution is 2.46. The van der Waals surface area contributed by atoms with Gasteiger partial charge in [0.1, 0.15) is 5.78 Å². The first kappa shape index (κ1) is 11.1. The smallest absolute Gasteiger partial charge is 0.144 e. The van der Waals surface area contributed by atoms with Crippen molar-refractivity contribution in [3.63, 3.8) is 0 Å². The Hall–Kier alpha value is -0.413. The molecule has 2 nitrogen and oxygen atoms in total. The normalized spacial score (nSPS) is 44.9. The van der Waals surface area contributed by atoms with Crippen molar-refractivity contribution in [3.8, 4) is 0 Å². The second-order valence-corrected chi connectivity index (χ2v) is 11.2. The SMILES string of the molecule is C[C@@H]1C(=O)[C@H](C)[C@@]2([Si](C)(C)C)C=C[C@H]1O2. The molecule has 0 radical (unpaired) electrons. The molecule has 0 aromatic heterocycles. The van der Waals surface area contributed by atoms with Gasteiger partial charge < -0.3 is 4.74 Å². The summed E-state index contributed by atoms with van der Waals surface area (Å²) in [7, 11) is -1.53. The van der Waals surface area contributed by atoms with Crippen LogP contribution in [0.2, 0.25) is 19.6 Å². The van der Waals surface area contributed by atoms with Crippen molar-refractivity contribution < 1.29 is 9.53 Å². The summed E-state index contributed by atoms with van der Waals surface area (Å²) in [5.41, 5.74) is 0. The first-order valence-corrected chi connectivity index (χ1v) is 9.20. The van der Waals surface area contributed by atoms with Crippen molar-refractivity contribution in [2.24, 2.45) is 11.8 Å². The molecule has 4 atom stereocenters. The second kappa shape index (κ2) is 3.05. The Morgan fingerprint density at radius 2 is 1.93 bits per heavy atom. The molecule has 0 unspecified atom stereocenters. The summed E-state index contributed by atoms with van der Waals surface area (Å²) in [5.74, 6) is 0.427. The molecule has 1 saturated heterocycles. The number of ketones is 1. The Morgan fingerprint density at radius 3 is 2.47 bits per heavy atom. The van der Waals surface area contributed by atoms with Gasteiger partial charge in [0.2, 0.25) is 0 Å². The first-order valence-electron chi connectivity index (χ1n) is 5.70. The Bertz CT molecular complexity index is 329. The standard InChI is InChI=1S/C12H20O2Si/c1-8-10-6-7-12(14-10,15(3,4)5)9(2)11(8)13/h6-10H,1-5H3/t8-,9-,10+,12-/m0/s1. The average molecular weight is 224 g/mol. The number of ether oxygens (including phenoxy) is 1. The van der Waals surface area contributed by atoms with Crippen LogP contribution in [0.4, 0.5) is 0 Å². The van der Waals surface area contributed by atoms with Crippen LogP contribution in [-0.2, 0) is 9.53 Å². The van der Waals surface area contributed by atoms with Crippen LogP contribution in [0.3, 0.4) is 0 Å². The van der Waals surface area contributed by atoms with E-state index in [1.54, 1.807) is 0 Å². The topological polar surface area (TPSA) is 26.3 Å². The van der Waals surface area contributed by atoms with Crippen LogP contribution in [0.1, 0.15) is 13.8 Å². The maximum Gasteiger partial charge on any atom is 0.144 e. The van der Waals surface area contributed by atoms with Crippen molar-refractivity contribution >= 4 is 13.9 Å². The Kier molecular flexibility index (Phi) is 2.25. The molecule has 2 aliphatic heterocycles. The molecular formula is C12H20O2Si. The third kappa shape index (κ3) is 1.29. The summed E-state index contributed by atoms with van der Waals surface area (Å²) in [6.07, 6.45) is 4.31. The van der Waals surface area contributed by atoms with Gasteiger partial charge in [-0.1, -0.05) is 45.6 Å². The lowest BCUT2D eigenvalue weighted by molar-refractivity contribution is -0.148. The van der Waals surface area contributed by atoms with E-state index in [4.69, 9.17) is 4.74 Å². The van der Waals surface area contributed by atoms with E-state index in [0.29, 0.717) is 5.78 Å². The summed E-state index contributed by atoms with van der Waals surface area (Å²) in [5, 5.41) is -0.249. The Balaban J connectivity index is 2.45. The van der Waals surface area contributed by atoms with Gasteiger partial charge in [-0.15, -0.1) is 0 Å². The highest BCUT2D eigenvalue weighted by Gasteiger charge is 2.58. The number of Topliss-reactive ketones (excluding diaryl/α,β-unsaturated/α-hetero) is 1. The Morgan fingerprint density at radius 1 is 1.33 bits per heavy atom. The van der Waals surface area contributed by atoms with E-state index in [1.165, 1.54) is 0 Å². The van der Waals surface area contributed by atoms with E-state index >= 15 is 0 Å². The van der Waals surface area contributed by atoms with Crippen LogP contribution < -0.4 is 0 Å². The van der Waals surface area contributed by atoms with Gasteiger partial charge in [0.05, 0.1) is 19.4 Å². The largest absolute Gasteiger partial charge is 0.366 e. The van der Waals surface area contributed by atoms with Crippen molar-refractivity contribution in [2.75, 3.05) is 0 Å². The number of carbonyl (C=O) groups is 1. The van der Waals surface area contributed by atoms with E-state index in [9.17, 15) is 4.79 Å². The van der Waals surface area contributed by atoms with Gasteiger partial charge in [0, 0.05) is 11.8 Å². The van der Waals surface area contributed by atoms with E-state index < -0.39 is 8.07 Å². The van der Waals surface area contributed by atoms with Gasteiger partial charge in [0.25, 0.3) is 0 Å². The zero-order valence-corrected chi connectivity index (χ0v) is 11.2. The minimum Gasteiger partial charge on any atom is -0.366 e. The minimum atomic E-state index is -1.53. The van der Waals surface area contributed by atoms with E-state index in [0.717, 1.165) is 0 Å². The summed E-state index contributed by atoms with van der Waals surface area (Å²) in [6.45, 7) is 10.8. The maximum atomic E-state index is 12.1. The van der Waals surface area contributed by atoms with Crippen LogP contribution in [0.25, 0.3) is 0 Å². The van der Waals surface area contributed by atoms with E-state index in [1.807, 2.05) is 13.8 Å². The monoisotopic (exact) mass is 224 g/mol. The molecule has 3 heteroatoms. The number of fused-ring (bicyclic) bond motifs is 2. The minimum absolute atomic E-state index is 0.0224. The molecule has 2 heterocycles. The number of hydrogen-bond acceptors (Lipinski definition) is 2. The van der Waals surface area contributed by atoms with Gasteiger partial charge in [-0.25, -0.2) is 0 Å². The summed E-state index contributed by atoms with van der Waals surface area (Å²) in [4.78, 5) is 12.1. The molecule has 0 aliphatic carbocycles. The zero-order valence-electron chi connectivity index (χ0n) is 10.2. The molecule has 0 amide bonds. The number of rotatable bonds is 1. The van der Waals surface area contributed by atoms with Gasteiger partial charge in [0.15, 0.2) is 0 Å². The number of hydrogen-bond donors (Lipinski definition) is 0. The lowest BCUT2D eigenvalue weighted by atomic mass is 9.87. The van der Waals surface area contributed by atoms with Gasteiger partial charge in [-0.2, -0.15) is 0 Å². The first-order chi connectivity index (χ1) is 6.79. The van der Waals surface area contributed by atoms with Crippen LogP contribution in [0, 0.1) is 11.8 Å². The molecule has 1 fully saturated rings. The fourth-order valence-electron chi connectivity index (χ4n) is 2.90. The molecule has 2 aliphatic rings. The highest BCUT2D eigenvalue weighted by atomic mass is 28.3. The number of carbonyl (C=O) groups excluding carboxylic acids is 1. The summed E-state index contributed by atoms with van der Waals surface area (Å²) < 4.78 is 6.17. The molecule has 0 aromatic rings. The van der Waals surface area contributed by atoms with Crippen LogP contribution in [-0.4, -0.2) is 25.2 Å². The predicted molar refractivity (Wildman–Crippen MR) is 63.4 cm³/mol. The second-order valence-electron chi connectivity index (χ2n) is 5.90. The predicted octanol–water partition coefficient (Wildman–Crippen LogP) is 2.41. The van der Waals surface area contributed by atoms with Crippen molar-refractivity contribution in [3.05, 3.63) is 12.2 Å². The summed E-state index contributed by atoms with van der Waals surface area (Å²) in [6, 6.07) is 0. The molecular weight excluding hydrogens is 204 g/mol. The van der Waals surface area contributed by atoms with Crippen LogP contribution in [0.5, 0.6) is 0 Å². The Labute approximate surface area is 92.7 Å². The zero-order chi connectivity index (χ0) is 11.4. The van der Waals surface area contributed by atoms with Gasteiger partial charge >= 0.3 is 0 Å². The molecule has 0 saturated carbocycles. The molecule has 2 bridgehead atoms. The quantitative estimate of drug-likeness (QED) is 0.505. The third-order valence-corrected chi connectivity index (χ3v) is 7.11. The van der Waals surface area contributed by atoms with Crippen LogP contribution >= 0.6 is 0 Å². The fraction of sp³-hybridized carbons (Fsp3) is 0.750. The van der Waals surface area contributed by atoms with E-state index in [-0.39, 0.29) is 23.2 Å². The van der Waals surface area contributed by atoms with Gasteiger partial charge in [-0.05, 0) is 0 Å². The average Bonchev–Trinajstić information content (AvgIpc) is 2.54. The van der Waals surface area contributed by atoms with Crippen molar-refractivity contribution in [1.82, 2.24) is 0 Å². The van der Waals surface area contributed by atoms with Crippen molar-refractivity contribution in [2.45, 2.75) is 44.8 Å². The summed E-state index contributed by atoms with van der Waals surface area (Å²) >= 11 is 0. The van der Waals surface area contributed by atoms with Crippen LogP contribution in [0.15, 0.2) is 12.2 Å². The third-order valence-electron chi connectivity index (χ3n) is 4.05. The molecule has 0 aromatic carbocycles. The molecule has 0 N–H and O–H groups in total. The highest BCUT2D eigenvalue weighted by molar-refractivity contribution is 6.80. The molecule has 2 rings (SSSR count). The molecule has 0 spiro atoms. The maximum absolute atomic E-state index is 12.1. The molecule has 84 valence electrons. The lowest BCUT2D eigenvalue weighted by Crippen LogP contribution is -2.62. The lowest BCUT2D eigenvalue weighted by Gasteiger charge is -2.47. The fourth-order valence-corrected chi connectivity index (χ4v) is 5.43. The van der Waals surface area contributed by atoms with Crippen molar-refractivity contribution in [1.29, 1.82) is 0 Å². The van der Waals surface area contributed by atoms with E-state index in [2.05, 4.69) is 31.8 Å².